The Kier molecular flexibility index (Phi) is 4.53. The third kappa shape index (κ3) is 3.88. The van der Waals surface area contributed by atoms with Crippen molar-refractivity contribution in [2.45, 2.75) is 30.0 Å². The maximum Gasteiger partial charge on any atom is 0.416 e. The quantitative estimate of drug-likeness (QED) is 0.863. The molecule has 1 unspecified atom stereocenters. The molecule has 1 aromatic rings. The van der Waals surface area contributed by atoms with Crippen LogP contribution in [0.1, 0.15) is 18.4 Å². The van der Waals surface area contributed by atoms with Gasteiger partial charge in [0.2, 0.25) is 10.0 Å². The molecular weight excluding hydrogens is 329 g/mol. The lowest BCUT2D eigenvalue weighted by Crippen LogP contribution is -2.41. The second kappa shape index (κ2) is 5.75. The average Bonchev–Trinajstić information content (AvgIpc) is 3.18. The van der Waals surface area contributed by atoms with E-state index in [1.165, 1.54) is 0 Å². The zero-order valence-electron chi connectivity index (χ0n) is 10.8. The van der Waals surface area contributed by atoms with Crippen molar-refractivity contribution in [3.8, 4) is 0 Å². The van der Waals surface area contributed by atoms with Gasteiger partial charge < -0.3 is 5.73 Å². The van der Waals surface area contributed by atoms with E-state index >= 15 is 0 Å². The fourth-order valence-electron chi connectivity index (χ4n) is 1.99. The average molecular weight is 343 g/mol. The summed E-state index contributed by atoms with van der Waals surface area (Å²) in [6.07, 6.45) is -2.82. The SMILES string of the molecule is NCC(NS(=O)(=O)c1ccc(C(F)(F)F)cc1Cl)C1CC1. The molecule has 1 aliphatic rings. The zero-order valence-corrected chi connectivity index (χ0v) is 12.4. The third-order valence-electron chi connectivity index (χ3n) is 3.30. The van der Waals surface area contributed by atoms with Crippen molar-refractivity contribution in [2.75, 3.05) is 6.54 Å². The van der Waals surface area contributed by atoms with E-state index in [1.54, 1.807) is 0 Å². The summed E-state index contributed by atoms with van der Waals surface area (Å²) in [5.41, 5.74) is 4.51. The number of alkyl halides is 3. The van der Waals surface area contributed by atoms with Crippen LogP contribution in [0.4, 0.5) is 13.2 Å². The van der Waals surface area contributed by atoms with Crippen LogP contribution >= 0.6 is 11.6 Å². The van der Waals surface area contributed by atoms with Crippen molar-refractivity contribution in [1.82, 2.24) is 4.72 Å². The lowest BCUT2D eigenvalue weighted by Gasteiger charge is -2.17. The molecule has 0 bridgehead atoms. The van der Waals surface area contributed by atoms with Crippen LogP contribution in [-0.2, 0) is 16.2 Å². The van der Waals surface area contributed by atoms with Crippen molar-refractivity contribution in [1.29, 1.82) is 0 Å². The molecule has 0 heterocycles. The number of benzene rings is 1. The Balaban J connectivity index is 2.27. The van der Waals surface area contributed by atoms with Crippen LogP contribution in [0.5, 0.6) is 0 Å². The minimum atomic E-state index is -4.58. The number of nitrogens with one attached hydrogen (secondary N) is 1. The van der Waals surface area contributed by atoms with Crippen molar-refractivity contribution < 1.29 is 21.6 Å². The second-order valence-electron chi connectivity index (χ2n) is 4.94. The highest BCUT2D eigenvalue weighted by atomic mass is 35.5. The van der Waals surface area contributed by atoms with Gasteiger partial charge in [-0.3, -0.25) is 0 Å². The predicted octanol–water partition coefficient (Wildman–Crippen LogP) is 2.37. The number of hydrogen-bond donors (Lipinski definition) is 2. The summed E-state index contributed by atoms with van der Waals surface area (Å²) in [6.45, 7) is 0.127. The maximum absolute atomic E-state index is 12.5. The predicted molar refractivity (Wildman–Crippen MR) is 72.3 cm³/mol. The largest absolute Gasteiger partial charge is 0.416 e. The van der Waals surface area contributed by atoms with Crippen molar-refractivity contribution in [2.24, 2.45) is 11.7 Å². The van der Waals surface area contributed by atoms with Crippen molar-refractivity contribution >= 4 is 21.6 Å². The van der Waals surface area contributed by atoms with E-state index in [1.807, 2.05) is 0 Å². The van der Waals surface area contributed by atoms with Crippen LogP contribution in [0.3, 0.4) is 0 Å². The number of nitrogens with two attached hydrogens (primary N) is 1. The van der Waals surface area contributed by atoms with E-state index in [9.17, 15) is 21.6 Å². The van der Waals surface area contributed by atoms with Crippen LogP contribution in [0.15, 0.2) is 23.1 Å². The highest BCUT2D eigenvalue weighted by Gasteiger charge is 2.35. The summed E-state index contributed by atoms with van der Waals surface area (Å²) < 4.78 is 64.4. The van der Waals surface area contributed by atoms with Gasteiger partial charge in [0.25, 0.3) is 0 Å². The van der Waals surface area contributed by atoms with Crippen LogP contribution < -0.4 is 10.5 Å². The van der Waals surface area contributed by atoms with E-state index in [-0.39, 0.29) is 17.4 Å². The smallest absolute Gasteiger partial charge is 0.329 e. The fourth-order valence-corrected chi connectivity index (χ4v) is 3.86. The van der Waals surface area contributed by atoms with Gasteiger partial charge in [0, 0.05) is 12.6 Å². The molecule has 0 radical (unpaired) electrons. The zero-order chi connectivity index (χ0) is 15.8. The van der Waals surface area contributed by atoms with Gasteiger partial charge in [-0.25, -0.2) is 13.1 Å². The topological polar surface area (TPSA) is 72.2 Å². The summed E-state index contributed by atoms with van der Waals surface area (Å²) in [7, 11) is -4.00. The van der Waals surface area contributed by atoms with Gasteiger partial charge in [0.1, 0.15) is 4.90 Å². The molecule has 3 N–H and O–H groups in total. The molecular formula is C12H14ClF3N2O2S. The molecule has 1 aliphatic carbocycles. The van der Waals surface area contributed by atoms with E-state index in [4.69, 9.17) is 17.3 Å². The van der Waals surface area contributed by atoms with Gasteiger partial charge >= 0.3 is 6.18 Å². The van der Waals surface area contributed by atoms with Gasteiger partial charge in [-0.2, -0.15) is 13.2 Å². The van der Waals surface area contributed by atoms with Crippen molar-refractivity contribution in [3.05, 3.63) is 28.8 Å². The standard InChI is InChI=1S/C12H14ClF3N2O2S/c13-9-5-8(12(14,15)16)3-4-11(9)21(19,20)18-10(6-17)7-1-2-7/h3-5,7,10,18H,1-2,6,17H2. The first-order valence-corrected chi connectivity index (χ1v) is 8.10. The van der Waals surface area contributed by atoms with Gasteiger partial charge in [-0.15, -0.1) is 0 Å². The molecule has 0 aliphatic heterocycles. The van der Waals surface area contributed by atoms with Crippen LogP contribution in [0.2, 0.25) is 5.02 Å². The Morgan fingerprint density at radius 2 is 2.00 bits per heavy atom. The van der Waals surface area contributed by atoms with Gasteiger partial charge in [-0.1, -0.05) is 11.6 Å². The molecule has 21 heavy (non-hydrogen) atoms. The first kappa shape index (κ1) is 16.5. The highest BCUT2D eigenvalue weighted by Crippen LogP contribution is 2.35. The Morgan fingerprint density at radius 3 is 2.43 bits per heavy atom. The Morgan fingerprint density at radius 1 is 1.38 bits per heavy atom. The number of halogens is 4. The molecule has 2 rings (SSSR count). The Bertz CT molecular complexity index is 630. The van der Waals surface area contributed by atoms with Gasteiger partial charge in [-0.05, 0) is 37.0 Å². The summed E-state index contributed by atoms with van der Waals surface area (Å²) in [4.78, 5) is -0.378. The molecule has 0 aromatic heterocycles. The summed E-state index contributed by atoms with van der Waals surface area (Å²) in [5, 5.41) is -0.469. The van der Waals surface area contributed by atoms with Crippen LogP contribution in [0.25, 0.3) is 0 Å². The summed E-state index contributed by atoms with van der Waals surface area (Å²) >= 11 is 5.69. The molecule has 0 spiro atoms. The third-order valence-corrected chi connectivity index (χ3v) is 5.27. The number of sulfonamides is 1. The molecule has 1 fully saturated rings. The molecule has 0 amide bonds. The Hall–Kier alpha value is -0.830. The first-order chi connectivity index (χ1) is 9.65. The van der Waals surface area contributed by atoms with E-state index in [0.717, 1.165) is 18.9 Å². The molecule has 118 valence electrons. The highest BCUT2D eigenvalue weighted by molar-refractivity contribution is 7.89. The van der Waals surface area contributed by atoms with Crippen LogP contribution in [-0.4, -0.2) is 21.0 Å². The van der Waals surface area contributed by atoms with E-state index in [2.05, 4.69) is 4.72 Å². The lowest BCUT2D eigenvalue weighted by atomic mass is 10.2. The number of rotatable bonds is 5. The van der Waals surface area contributed by atoms with Gasteiger partial charge in [0.15, 0.2) is 0 Å². The molecule has 9 heteroatoms. The lowest BCUT2D eigenvalue weighted by molar-refractivity contribution is -0.137. The summed E-state index contributed by atoms with van der Waals surface area (Å²) in [5.74, 6) is 0.179. The summed E-state index contributed by atoms with van der Waals surface area (Å²) in [6, 6.07) is 1.72. The molecule has 1 saturated carbocycles. The Labute approximate surface area is 125 Å². The van der Waals surface area contributed by atoms with E-state index < -0.39 is 32.8 Å². The number of hydrogen-bond acceptors (Lipinski definition) is 3. The second-order valence-corrected chi connectivity index (χ2v) is 7.03. The molecule has 4 nitrogen and oxygen atoms in total. The minimum Gasteiger partial charge on any atom is -0.329 e. The fraction of sp³-hybridized carbons (Fsp3) is 0.500. The molecule has 1 atom stereocenters. The maximum atomic E-state index is 12.5. The minimum absolute atomic E-state index is 0.127. The van der Waals surface area contributed by atoms with Gasteiger partial charge in [0.05, 0.1) is 10.6 Å². The van der Waals surface area contributed by atoms with E-state index in [0.29, 0.717) is 12.1 Å². The van der Waals surface area contributed by atoms with Crippen LogP contribution in [0, 0.1) is 5.92 Å². The molecule has 0 saturated heterocycles. The molecule has 1 aromatic carbocycles. The monoisotopic (exact) mass is 342 g/mol. The normalized spacial score (nSPS) is 17.8. The van der Waals surface area contributed by atoms with Crippen molar-refractivity contribution in [3.63, 3.8) is 0 Å². The first-order valence-electron chi connectivity index (χ1n) is 6.24.